The first-order chi connectivity index (χ1) is 15.0. The summed E-state index contributed by atoms with van der Waals surface area (Å²) in [5, 5.41) is 4.38. The summed E-state index contributed by atoms with van der Waals surface area (Å²) in [5.41, 5.74) is 0.710. The summed E-state index contributed by atoms with van der Waals surface area (Å²) in [6.07, 6.45) is -5.14. The Hall–Kier alpha value is -2.99. The van der Waals surface area contributed by atoms with Gasteiger partial charge in [-0.15, -0.1) is 11.3 Å². The fourth-order valence-electron chi connectivity index (χ4n) is 3.14. The van der Waals surface area contributed by atoms with Gasteiger partial charge in [0.1, 0.15) is 18.8 Å². The van der Waals surface area contributed by atoms with E-state index in [4.69, 9.17) is 23.7 Å². The molecule has 5 atom stereocenters. The fourth-order valence-corrected chi connectivity index (χ4v) is 3.97. The van der Waals surface area contributed by atoms with Gasteiger partial charge in [-0.2, -0.15) is 0 Å². The van der Waals surface area contributed by atoms with Crippen LogP contribution < -0.4 is 5.32 Å². The van der Waals surface area contributed by atoms with E-state index in [0.29, 0.717) is 10.4 Å². The Balaban J connectivity index is 2.45. The summed E-state index contributed by atoms with van der Waals surface area (Å²) < 4.78 is 26.6. The second-order valence-electron chi connectivity index (χ2n) is 7.04. The van der Waals surface area contributed by atoms with E-state index in [9.17, 15) is 24.0 Å². The van der Waals surface area contributed by atoms with Gasteiger partial charge in [-0.3, -0.25) is 24.0 Å². The lowest BCUT2D eigenvalue weighted by Crippen LogP contribution is -2.67. The molecule has 2 rings (SSSR count). The average molecular weight is 471 g/mol. The van der Waals surface area contributed by atoms with Crippen LogP contribution in [0.25, 0.3) is 0 Å². The van der Waals surface area contributed by atoms with Gasteiger partial charge in [-0.05, 0) is 23.9 Å². The molecular formula is C20H25NO10S. The Morgan fingerprint density at radius 2 is 1.53 bits per heavy atom. The van der Waals surface area contributed by atoms with E-state index in [1.807, 2.05) is 0 Å². The van der Waals surface area contributed by atoms with Crippen molar-refractivity contribution in [2.24, 2.45) is 0 Å². The molecule has 0 bridgehead atoms. The molecular weight excluding hydrogens is 446 g/mol. The number of carbonyl (C=O) groups excluding carboxylic acids is 5. The van der Waals surface area contributed by atoms with Gasteiger partial charge >= 0.3 is 23.9 Å². The van der Waals surface area contributed by atoms with Crippen LogP contribution in [0.1, 0.15) is 42.9 Å². The molecule has 2 heterocycles. The topological polar surface area (TPSA) is 144 Å². The highest BCUT2D eigenvalue weighted by Gasteiger charge is 2.52. The molecule has 1 fully saturated rings. The Labute approximate surface area is 188 Å². The van der Waals surface area contributed by atoms with Crippen molar-refractivity contribution in [1.29, 1.82) is 0 Å². The van der Waals surface area contributed by atoms with E-state index in [-0.39, 0.29) is 6.61 Å². The van der Waals surface area contributed by atoms with Crippen LogP contribution >= 0.6 is 11.3 Å². The molecule has 0 aliphatic carbocycles. The van der Waals surface area contributed by atoms with Crippen LogP contribution in [0.5, 0.6) is 0 Å². The number of amides is 1. The predicted octanol–water partition coefficient (Wildman–Crippen LogP) is 0.869. The minimum Gasteiger partial charge on any atom is -0.463 e. The van der Waals surface area contributed by atoms with Crippen molar-refractivity contribution in [3.63, 3.8) is 0 Å². The molecule has 32 heavy (non-hydrogen) atoms. The first kappa shape index (κ1) is 25.3. The maximum atomic E-state index is 12.9. The highest BCUT2D eigenvalue weighted by atomic mass is 32.1. The molecule has 1 amide bonds. The first-order valence-electron chi connectivity index (χ1n) is 9.65. The third-order valence-electron chi connectivity index (χ3n) is 4.35. The summed E-state index contributed by atoms with van der Waals surface area (Å²) in [5.74, 6) is -3.37. The van der Waals surface area contributed by atoms with Crippen molar-refractivity contribution in [1.82, 2.24) is 5.32 Å². The van der Waals surface area contributed by atoms with Gasteiger partial charge in [-0.25, -0.2) is 0 Å². The fraction of sp³-hybridized carbons (Fsp3) is 0.550. The molecule has 0 spiro atoms. The quantitative estimate of drug-likeness (QED) is 0.449. The second-order valence-corrected chi connectivity index (χ2v) is 7.95. The lowest BCUT2D eigenvalue weighted by molar-refractivity contribution is -0.270. The molecule has 0 unspecified atom stereocenters. The molecule has 0 saturated carbocycles. The number of rotatable bonds is 7. The number of nitrogens with one attached hydrogen (secondary N) is 1. The average Bonchev–Trinajstić information content (AvgIpc) is 3.09. The number of aryl methyl sites for hydroxylation is 1. The highest BCUT2D eigenvalue weighted by molar-refractivity contribution is 7.12. The molecule has 176 valence electrons. The Morgan fingerprint density at radius 3 is 2.03 bits per heavy atom. The molecule has 11 nitrogen and oxygen atoms in total. The van der Waals surface area contributed by atoms with Crippen molar-refractivity contribution in [3.8, 4) is 0 Å². The zero-order valence-corrected chi connectivity index (χ0v) is 19.1. The van der Waals surface area contributed by atoms with Gasteiger partial charge in [0, 0.05) is 27.7 Å². The molecule has 0 radical (unpaired) electrons. The Bertz CT molecular complexity index is 881. The van der Waals surface area contributed by atoms with E-state index >= 15 is 0 Å². The second kappa shape index (κ2) is 11.0. The first-order valence-corrected chi connectivity index (χ1v) is 10.5. The molecule has 0 aromatic carbocycles. The normalized spacial score (nSPS) is 24.7. The number of thiophene rings is 1. The van der Waals surface area contributed by atoms with Crippen molar-refractivity contribution in [3.05, 3.63) is 21.9 Å². The van der Waals surface area contributed by atoms with Gasteiger partial charge in [0.25, 0.3) is 5.91 Å². The molecule has 1 saturated heterocycles. The van der Waals surface area contributed by atoms with Crippen LogP contribution in [0, 0.1) is 6.92 Å². The van der Waals surface area contributed by atoms with Crippen molar-refractivity contribution >= 4 is 41.1 Å². The molecule has 1 aromatic heterocycles. The van der Waals surface area contributed by atoms with E-state index in [1.54, 1.807) is 18.4 Å². The molecule has 1 aliphatic heterocycles. The summed E-state index contributed by atoms with van der Waals surface area (Å²) in [6.45, 7) is 5.92. The summed E-state index contributed by atoms with van der Waals surface area (Å²) in [7, 11) is 0. The van der Waals surface area contributed by atoms with Crippen LogP contribution in [-0.2, 0) is 42.9 Å². The van der Waals surface area contributed by atoms with E-state index in [2.05, 4.69) is 5.32 Å². The predicted molar refractivity (Wildman–Crippen MR) is 108 cm³/mol. The number of hydrogen-bond donors (Lipinski definition) is 1. The standard InChI is InChI=1S/C20H25NO10S/c1-9-6-7-32-18(9)19(26)21-15-17(29-12(4)24)16(28-11(3)23)14(8-27-10(2)22)31-20(15)30-13(5)25/h6-7,14-17,20H,8H2,1-5H3,(H,21,26)/t14-,15-,16+,17-,20-/m1/s1. The summed E-state index contributed by atoms with van der Waals surface area (Å²) in [6, 6.07) is 0.524. The van der Waals surface area contributed by atoms with Crippen molar-refractivity contribution in [2.45, 2.75) is 65.3 Å². The van der Waals surface area contributed by atoms with Crippen LogP contribution in [0.4, 0.5) is 0 Å². The maximum Gasteiger partial charge on any atom is 0.305 e. The minimum atomic E-state index is -1.42. The third kappa shape index (κ3) is 6.76. The monoisotopic (exact) mass is 471 g/mol. The molecule has 1 N–H and O–H groups in total. The van der Waals surface area contributed by atoms with E-state index in [0.717, 1.165) is 20.8 Å². The third-order valence-corrected chi connectivity index (χ3v) is 5.36. The van der Waals surface area contributed by atoms with E-state index < -0.39 is 60.4 Å². The zero-order valence-electron chi connectivity index (χ0n) is 18.2. The number of hydrogen-bond acceptors (Lipinski definition) is 11. The largest absolute Gasteiger partial charge is 0.463 e. The van der Waals surface area contributed by atoms with Crippen LogP contribution in [-0.4, -0.2) is 67.0 Å². The summed E-state index contributed by atoms with van der Waals surface area (Å²) in [4.78, 5) is 59.8. The van der Waals surface area contributed by atoms with Gasteiger partial charge in [0.05, 0.1) is 4.88 Å². The van der Waals surface area contributed by atoms with Crippen LogP contribution in [0.15, 0.2) is 11.4 Å². The molecule has 1 aliphatic rings. The van der Waals surface area contributed by atoms with Crippen molar-refractivity contribution < 1.29 is 47.7 Å². The van der Waals surface area contributed by atoms with E-state index in [1.165, 1.54) is 18.3 Å². The number of carbonyl (C=O) groups is 5. The van der Waals surface area contributed by atoms with Crippen LogP contribution in [0.2, 0.25) is 0 Å². The van der Waals surface area contributed by atoms with Gasteiger partial charge < -0.3 is 29.0 Å². The maximum absolute atomic E-state index is 12.9. The Kier molecular flexibility index (Phi) is 8.72. The Morgan fingerprint density at radius 1 is 0.938 bits per heavy atom. The zero-order chi connectivity index (χ0) is 24.0. The molecule has 1 aromatic rings. The molecule has 12 heteroatoms. The lowest BCUT2D eigenvalue weighted by Gasteiger charge is -2.44. The summed E-state index contributed by atoms with van der Waals surface area (Å²) >= 11 is 1.19. The smallest absolute Gasteiger partial charge is 0.305 e. The van der Waals surface area contributed by atoms with Crippen molar-refractivity contribution in [2.75, 3.05) is 6.61 Å². The highest BCUT2D eigenvalue weighted by Crippen LogP contribution is 2.29. The lowest BCUT2D eigenvalue weighted by atomic mass is 9.96. The van der Waals surface area contributed by atoms with Gasteiger partial charge in [0.2, 0.25) is 6.29 Å². The minimum absolute atomic E-state index is 0.381. The number of esters is 4. The van der Waals surface area contributed by atoms with Gasteiger partial charge in [-0.1, -0.05) is 0 Å². The number of ether oxygens (including phenoxy) is 5. The SMILES string of the molecule is CC(=O)OC[C@H]1O[C@@H](OC(C)=O)[C@H](NC(=O)c2sccc2C)[C@@H](OC(C)=O)[C@H]1OC(C)=O. The van der Waals surface area contributed by atoms with Gasteiger partial charge in [0.15, 0.2) is 12.2 Å². The van der Waals surface area contributed by atoms with Crippen LogP contribution in [0.3, 0.4) is 0 Å².